The Kier molecular flexibility index (Phi) is 4.80. The molecule has 1 unspecified atom stereocenters. The van der Waals surface area contributed by atoms with Crippen LogP contribution in [0.3, 0.4) is 0 Å². The number of anilines is 1. The smallest absolute Gasteiger partial charge is 0.226 e. The zero-order valence-corrected chi connectivity index (χ0v) is 18.2. The fourth-order valence-electron chi connectivity index (χ4n) is 4.80. The van der Waals surface area contributed by atoms with E-state index >= 15 is 0 Å². The summed E-state index contributed by atoms with van der Waals surface area (Å²) in [6, 6.07) is 2.61. The molecule has 6 rings (SSSR count). The van der Waals surface area contributed by atoms with Crippen LogP contribution in [0.5, 0.6) is 0 Å². The van der Waals surface area contributed by atoms with Gasteiger partial charge < -0.3 is 21.3 Å². The molecule has 7 nitrogen and oxygen atoms in total. The van der Waals surface area contributed by atoms with Crippen LogP contribution in [-0.2, 0) is 17.8 Å². The van der Waals surface area contributed by atoms with Gasteiger partial charge in [0.25, 0.3) is 0 Å². The summed E-state index contributed by atoms with van der Waals surface area (Å²) in [7, 11) is 0. The van der Waals surface area contributed by atoms with Gasteiger partial charge in [0.15, 0.2) is 0 Å². The van der Waals surface area contributed by atoms with E-state index in [2.05, 4.69) is 26.3 Å². The van der Waals surface area contributed by atoms with Crippen LogP contribution >= 0.6 is 22.7 Å². The minimum Gasteiger partial charge on any atom is -0.317 e. The van der Waals surface area contributed by atoms with Crippen LogP contribution in [0.4, 0.5) is 5.00 Å². The van der Waals surface area contributed by atoms with E-state index in [1.54, 1.807) is 28.9 Å². The molecule has 0 spiro atoms. The highest BCUT2D eigenvalue weighted by Gasteiger charge is 2.52. The number of rotatable bonds is 6. The Labute approximate surface area is 182 Å². The first-order valence-electron chi connectivity index (χ1n) is 10.6. The summed E-state index contributed by atoms with van der Waals surface area (Å²) in [4.78, 5) is 23.1. The summed E-state index contributed by atoms with van der Waals surface area (Å²) in [5, 5.41) is 15.5. The van der Waals surface area contributed by atoms with E-state index in [-0.39, 0.29) is 5.91 Å². The van der Waals surface area contributed by atoms with Gasteiger partial charge in [0.05, 0.1) is 10.9 Å². The number of thiazole rings is 1. The van der Waals surface area contributed by atoms with Gasteiger partial charge in [-0.2, -0.15) is 0 Å². The third kappa shape index (κ3) is 3.34. The maximum absolute atomic E-state index is 12.7. The van der Waals surface area contributed by atoms with E-state index in [1.165, 1.54) is 10.4 Å². The molecule has 1 saturated heterocycles. The second kappa shape index (κ2) is 7.65. The third-order valence-corrected chi connectivity index (χ3v) is 8.61. The van der Waals surface area contributed by atoms with Gasteiger partial charge >= 0.3 is 0 Å². The fraction of sp³-hybridized carbons (Fsp3) is 0.476. The number of hydrogen-bond acceptors (Lipinski definition) is 8. The molecule has 3 aliphatic rings. The van der Waals surface area contributed by atoms with Gasteiger partial charge in [0.2, 0.25) is 5.91 Å². The number of nitrogens with zero attached hydrogens (tertiary/aromatic N) is 2. The highest BCUT2D eigenvalue weighted by Crippen LogP contribution is 2.45. The van der Waals surface area contributed by atoms with Crippen molar-refractivity contribution in [2.75, 3.05) is 31.5 Å². The molecule has 0 bridgehead atoms. The number of hydrogen-bond donors (Lipinski definition) is 4. The van der Waals surface area contributed by atoms with Crippen molar-refractivity contribution in [3.8, 4) is 10.6 Å². The molecule has 0 radical (unpaired) electrons. The molecule has 30 heavy (non-hydrogen) atoms. The van der Waals surface area contributed by atoms with Crippen molar-refractivity contribution in [1.29, 1.82) is 0 Å². The van der Waals surface area contributed by atoms with Gasteiger partial charge in [-0.1, -0.05) is 0 Å². The minimum atomic E-state index is 0.0713. The van der Waals surface area contributed by atoms with E-state index in [0.29, 0.717) is 12.5 Å². The van der Waals surface area contributed by atoms with Crippen LogP contribution < -0.4 is 21.3 Å². The van der Waals surface area contributed by atoms with Gasteiger partial charge in [-0.15, -0.1) is 22.7 Å². The maximum Gasteiger partial charge on any atom is 0.226 e. The van der Waals surface area contributed by atoms with E-state index in [1.807, 2.05) is 12.3 Å². The lowest BCUT2D eigenvalue weighted by atomic mass is 10.0. The number of pyridine rings is 1. The highest BCUT2D eigenvalue weighted by molar-refractivity contribution is 7.22. The van der Waals surface area contributed by atoms with Crippen molar-refractivity contribution >= 4 is 43.8 Å². The monoisotopic (exact) mass is 440 g/mol. The van der Waals surface area contributed by atoms with E-state index in [9.17, 15) is 4.79 Å². The lowest BCUT2D eigenvalue weighted by Gasteiger charge is -2.13. The molecule has 5 heterocycles. The predicted molar refractivity (Wildman–Crippen MR) is 121 cm³/mol. The van der Waals surface area contributed by atoms with Gasteiger partial charge in [-0.05, 0) is 49.5 Å². The molecule has 2 aliphatic heterocycles. The maximum atomic E-state index is 12.7. The first-order valence-corrected chi connectivity index (χ1v) is 12.2. The number of carbonyl (C=O) groups excluding carboxylic acids is 1. The van der Waals surface area contributed by atoms with Crippen LogP contribution in [0.1, 0.15) is 16.9 Å². The summed E-state index contributed by atoms with van der Waals surface area (Å²) in [6.07, 6.45) is 5.07. The Morgan fingerprint density at radius 1 is 1.23 bits per heavy atom. The Hall–Kier alpha value is -1.91. The van der Waals surface area contributed by atoms with Crippen molar-refractivity contribution in [2.45, 2.75) is 25.4 Å². The molecular formula is C21H24N6OS2. The first-order chi connectivity index (χ1) is 14.8. The van der Waals surface area contributed by atoms with Crippen molar-refractivity contribution in [2.24, 2.45) is 11.8 Å². The molecule has 2 fully saturated rings. The molecule has 1 saturated carbocycles. The van der Waals surface area contributed by atoms with Gasteiger partial charge in [-0.3, -0.25) is 9.78 Å². The largest absolute Gasteiger partial charge is 0.317 e. The molecular weight excluding hydrogens is 416 g/mol. The molecule has 1 amide bonds. The van der Waals surface area contributed by atoms with Gasteiger partial charge in [0.1, 0.15) is 15.5 Å². The number of piperidine rings is 1. The SMILES string of the molecule is O=C(CCNC1[C@H]2CNC[C@@H]12)Nc1sc2c(c1-c1nc3cnccc3s1)CCNC2. The Bertz CT molecular complexity index is 1070. The van der Waals surface area contributed by atoms with Gasteiger partial charge in [-0.25, -0.2) is 4.98 Å². The van der Waals surface area contributed by atoms with Crippen molar-refractivity contribution < 1.29 is 4.79 Å². The third-order valence-electron chi connectivity index (χ3n) is 6.41. The van der Waals surface area contributed by atoms with E-state index < -0.39 is 0 Å². The topological polar surface area (TPSA) is 91.0 Å². The van der Waals surface area contributed by atoms with Crippen LogP contribution in [0.15, 0.2) is 18.5 Å². The second-order valence-corrected chi connectivity index (χ2v) is 10.4. The molecule has 3 aromatic rings. The quantitative estimate of drug-likeness (QED) is 0.470. The van der Waals surface area contributed by atoms with E-state index in [0.717, 1.165) is 76.8 Å². The summed E-state index contributed by atoms with van der Waals surface area (Å²) in [5.41, 5.74) is 3.36. The lowest BCUT2D eigenvalue weighted by molar-refractivity contribution is -0.116. The predicted octanol–water partition coefficient (Wildman–Crippen LogP) is 2.20. The Morgan fingerprint density at radius 2 is 2.13 bits per heavy atom. The minimum absolute atomic E-state index is 0.0713. The van der Waals surface area contributed by atoms with Gasteiger partial charge in [0, 0.05) is 42.2 Å². The molecule has 0 aromatic carbocycles. The number of thiophene rings is 1. The zero-order valence-electron chi connectivity index (χ0n) is 16.5. The average molecular weight is 441 g/mol. The summed E-state index contributed by atoms with van der Waals surface area (Å²) >= 11 is 3.36. The number of fused-ring (bicyclic) bond motifs is 3. The van der Waals surface area contributed by atoms with Crippen molar-refractivity contribution in [3.63, 3.8) is 0 Å². The number of nitrogens with one attached hydrogen (secondary N) is 4. The Balaban J connectivity index is 1.21. The molecule has 1 aliphatic carbocycles. The lowest BCUT2D eigenvalue weighted by Crippen LogP contribution is -2.30. The van der Waals surface area contributed by atoms with Crippen LogP contribution in [0, 0.1) is 11.8 Å². The molecule has 3 aromatic heterocycles. The normalized spacial score (nSPS) is 24.6. The van der Waals surface area contributed by atoms with Crippen molar-refractivity contribution in [3.05, 3.63) is 28.9 Å². The van der Waals surface area contributed by atoms with Crippen LogP contribution in [0.2, 0.25) is 0 Å². The standard InChI is InChI=1S/C21H24N6OS2/c28-17(3-6-25-19-12-7-24-8-13(12)19)27-21-18(11-1-4-23-10-16(11)30-21)20-26-14-9-22-5-2-15(14)29-20/h2,5,9,12-13,19,23-25H,1,3-4,6-8,10H2,(H,27,28)/t12-,13+,19?. The molecule has 9 heteroatoms. The average Bonchev–Trinajstić information content (AvgIpc) is 3.18. The summed E-state index contributed by atoms with van der Waals surface area (Å²) in [5.74, 6) is 1.61. The molecule has 4 N–H and O–H groups in total. The molecule has 3 atom stereocenters. The fourth-order valence-corrected chi connectivity index (χ4v) is 7.11. The number of amides is 1. The summed E-state index contributed by atoms with van der Waals surface area (Å²) < 4.78 is 1.12. The van der Waals surface area contributed by atoms with Crippen LogP contribution in [0.25, 0.3) is 20.8 Å². The van der Waals surface area contributed by atoms with Crippen LogP contribution in [-0.4, -0.2) is 48.1 Å². The first kappa shape index (κ1) is 18.8. The number of carbonyl (C=O) groups is 1. The highest BCUT2D eigenvalue weighted by atomic mass is 32.1. The summed E-state index contributed by atoms with van der Waals surface area (Å²) in [6.45, 7) is 4.78. The second-order valence-electron chi connectivity index (χ2n) is 8.26. The zero-order chi connectivity index (χ0) is 20.1. The molecule has 156 valence electrons. The Morgan fingerprint density at radius 3 is 3.00 bits per heavy atom. The van der Waals surface area contributed by atoms with E-state index in [4.69, 9.17) is 4.98 Å². The number of aromatic nitrogens is 2. The van der Waals surface area contributed by atoms with Crippen molar-refractivity contribution in [1.82, 2.24) is 25.9 Å².